The average Bonchev–Trinajstić information content (AvgIpc) is 2.98. The molecule has 1 aliphatic rings. The molecule has 0 bridgehead atoms. The van der Waals surface area contributed by atoms with Gasteiger partial charge < -0.3 is 19.9 Å². The van der Waals surface area contributed by atoms with Gasteiger partial charge in [0.2, 0.25) is 5.91 Å². The Balaban J connectivity index is 1.63. The monoisotopic (exact) mass is 344 g/mol. The van der Waals surface area contributed by atoms with Crippen LogP contribution in [0.15, 0.2) is 28.8 Å². The number of nitrogens with one attached hydrogen (secondary N) is 3. The zero-order chi connectivity index (χ0) is 18.0. The lowest BCUT2D eigenvalue weighted by Crippen LogP contribution is -2.39. The molecule has 0 saturated carbocycles. The van der Waals surface area contributed by atoms with Gasteiger partial charge in [0.1, 0.15) is 11.5 Å². The highest BCUT2D eigenvalue weighted by molar-refractivity contribution is 5.95. The van der Waals surface area contributed by atoms with Gasteiger partial charge in [-0.05, 0) is 38.5 Å². The molecule has 8 heteroatoms. The van der Waals surface area contributed by atoms with Crippen molar-refractivity contribution >= 4 is 23.3 Å². The summed E-state index contributed by atoms with van der Waals surface area (Å²) in [5, 5.41) is 12.4. The van der Waals surface area contributed by atoms with Crippen molar-refractivity contribution in [3.63, 3.8) is 0 Å². The molecule has 0 aliphatic carbocycles. The predicted octanol–water partition coefficient (Wildman–Crippen LogP) is 1.99. The fourth-order valence-corrected chi connectivity index (χ4v) is 2.58. The van der Waals surface area contributed by atoms with E-state index in [1.165, 1.54) is 0 Å². The van der Waals surface area contributed by atoms with E-state index in [1.54, 1.807) is 19.9 Å². The van der Waals surface area contributed by atoms with Crippen LogP contribution in [0.2, 0.25) is 0 Å². The summed E-state index contributed by atoms with van der Waals surface area (Å²) in [5.41, 5.74) is 1.57. The fraction of sp³-hybridized carbons (Fsp3) is 0.353. The van der Waals surface area contributed by atoms with Crippen molar-refractivity contribution in [2.75, 3.05) is 17.2 Å². The molecule has 2 aromatic rings. The molecular weight excluding hydrogens is 324 g/mol. The largest absolute Gasteiger partial charge is 0.482 e. The highest BCUT2D eigenvalue weighted by Crippen LogP contribution is 2.30. The van der Waals surface area contributed by atoms with Crippen LogP contribution in [0.3, 0.4) is 0 Å². The number of rotatable bonds is 5. The molecule has 0 spiro atoms. The van der Waals surface area contributed by atoms with Crippen molar-refractivity contribution in [1.82, 2.24) is 10.5 Å². The molecule has 1 aliphatic heterocycles. The highest BCUT2D eigenvalue weighted by Gasteiger charge is 2.20. The van der Waals surface area contributed by atoms with Crippen LogP contribution in [0, 0.1) is 6.92 Å². The molecular formula is C17H20N4O4. The Hall–Kier alpha value is -2.87. The van der Waals surface area contributed by atoms with E-state index in [-0.39, 0.29) is 24.5 Å². The molecule has 0 radical (unpaired) electrons. The average molecular weight is 344 g/mol. The molecule has 1 aromatic carbocycles. The Morgan fingerprint density at radius 2 is 2.12 bits per heavy atom. The lowest BCUT2D eigenvalue weighted by atomic mass is 10.1. The first-order chi connectivity index (χ1) is 11.9. The summed E-state index contributed by atoms with van der Waals surface area (Å²) in [6.45, 7) is 5.49. The first-order valence-corrected chi connectivity index (χ1v) is 7.99. The number of anilines is 2. The van der Waals surface area contributed by atoms with E-state index >= 15 is 0 Å². The standard InChI is InChI=1S/C17H20N4O4/c1-9-6-15(21-25-9)20-17(23)11(3)18-10(2)12-4-5-14-13(7-12)19-16(22)8-24-14/h4-7,10-11,18H,8H2,1-3H3,(H,19,22)(H,20,21,23). The number of aromatic nitrogens is 1. The molecule has 0 saturated heterocycles. The summed E-state index contributed by atoms with van der Waals surface area (Å²) < 4.78 is 10.3. The van der Waals surface area contributed by atoms with Gasteiger partial charge in [-0.1, -0.05) is 11.2 Å². The second-order valence-electron chi connectivity index (χ2n) is 6.01. The maximum absolute atomic E-state index is 12.2. The van der Waals surface area contributed by atoms with E-state index < -0.39 is 6.04 Å². The second kappa shape index (κ2) is 6.94. The van der Waals surface area contributed by atoms with Gasteiger partial charge in [0.25, 0.3) is 5.91 Å². The fourth-order valence-electron chi connectivity index (χ4n) is 2.58. The van der Waals surface area contributed by atoms with Gasteiger partial charge in [-0.3, -0.25) is 14.9 Å². The second-order valence-corrected chi connectivity index (χ2v) is 6.01. The maximum Gasteiger partial charge on any atom is 0.262 e. The topological polar surface area (TPSA) is 105 Å². The highest BCUT2D eigenvalue weighted by atomic mass is 16.5. The maximum atomic E-state index is 12.2. The van der Waals surface area contributed by atoms with E-state index in [0.717, 1.165) is 5.56 Å². The Labute approximate surface area is 144 Å². The van der Waals surface area contributed by atoms with Crippen molar-refractivity contribution < 1.29 is 18.8 Å². The minimum atomic E-state index is -0.450. The Morgan fingerprint density at radius 1 is 1.32 bits per heavy atom. The van der Waals surface area contributed by atoms with Gasteiger partial charge in [-0.2, -0.15) is 0 Å². The summed E-state index contributed by atoms with van der Waals surface area (Å²) in [5.74, 6) is 1.26. The molecule has 132 valence electrons. The van der Waals surface area contributed by atoms with Crippen molar-refractivity contribution in [2.24, 2.45) is 0 Å². The number of hydrogen-bond donors (Lipinski definition) is 3. The number of carbonyl (C=O) groups is 2. The zero-order valence-corrected chi connectivity index (χ0v) is 14.3. The molecule has 1 aromatic heterocycles. The number of aryl methyl sites for hydroxylation is 1. The normalized spacial score (nSPS) is 15.6. The molecule has 2 atom stereocenters. The van der Waals surface area contributed by atoms with Crippen LogP contribution < -0.4 is 20.7 Å². The molecule has 2 heterocycles. The number of carbonyl (C=O) groups excluding carboxylic acids is 2. The third-order valence-corrected chi connectivity index (χ3v) is 3.91. The number of fused-ring (bicyclic) bond motifs is 1. The number of hydrogen-bond acceptors (Lipinski definition) is 6. The Bertz CT molecular complexity index is 802. The smallest absolute Gasteiger partial charge is 0.262 e. The SMILES string of the molecule is Cc1cc(NC(=O)C(C)NC(C)c2ccc3c(c2)NC(=O)CO3)no1. The lowest BCUT2D eigenvalue weighted by molar-refractivity contribution is -0.119. The first kappa shape index (κ1) is 17.0. The minimum Gasteiger partial charge on any atom is -0.482 e. The van der Waals surface area contributed by atoms with Crippen molar-refractivity contribution in [3.8, 4) is 5.75 Å². The van der Waals surface area contributed by atoms with E-state index in [4.69, 9.17) is 9.26 Å². The molecule has 0 fully saturated rings. The number of amides is 2. The summed E-state index contributed by atoms with van der Waals surface area (Å²) in [4.78, 5) is 23.7. The van der Waals surface area contributed by atoms with Gasteiger partial charge >= 0.3 is 0 Å². The van der Waals surface area contributed by atoms with Crippen LogP contribution in [0.4, 0.5) is 11.5 Å². The molecule has 3 rings (SSSR count). The van der Waals surface area contributed by atoms with E-state index in [9.17, 15) is 9.59 Å². The molecule has 2 amide bonds. The molecule has 8 nitrogen and oxygen atoms in total. The van der Waals surface area contributed by atoms with Crippen LogP contribution in [0.1, 0.15) is 31.2 Å². The first-order valence-electron chi connectivity index (χ1n) is 7.99. The van der Waals surface area contributed by atoms with Crippen LogP contribution in [0.5, 0.6) is 5.75 Å². The van der Waals surface area contributed by atoms with Crippen molar-refractivity contribution in [2.45, 2.75) is 32.9 Å². The molecule has 3 N–H and O–H groups in total. The summed E-state index contributed by atoms with van der Waals surface area (Å²) >= 11 is 0. The van der Waals surface area contributed by atoms with Crippen LogP contribution in [0.25, 0.3) is 0 Å². The minimum absolute atomic E-state index is 0.0267. The van der Waals surface area contributed by atoms with Crippen molar-refractivity contribution in [3.05, 3.63) is 35.6 Å². The van der Waals surface area contributed by atoms with E-state index in [0.29, 0.717) is 23.0 Å². The number of benzene rings is 1. The van der Waals surface area contributed by atoms with E-state index in [1.807, 2.05) is 25.1 Å². The number of ether oxygens (including phenoxy) is 1. The summed E-state index contributed by atoms with van der Waals surface area (Å²) in [7, 11) is 0. The van der Waals surface area contributed by atoms with Crippen LogP contribution >= 0.6 is 0 Å². The lowest BCUT2D eigenvalue weighted by Gasteiger charge is -2.22. The third kappa shape index (κ3) is 3.97. The van der Waals surface area contributed by atoms with Gasteiger partial charge in [0, 0.05) is 12.1 Å². The van der Waals surface area contributed by atoms with Crippen molar-refractivity contribution in [1.29, 1.82) is 0 Å². The molecule has 2 unspecified atom stereocenters. The zero-order valence-electron chi connectivity index (χ0n) is 14.3. The van der Waals surface area contributed by atoms with Gasteiger partial charge in [-0.15, -0.1) is 0 Å². The van der Waals surface area contributed by atoms with Gasteiger partial charge in [0.15, 0.2) is 12.4 Å². The quantitative estimate of drug-likeness (QED) is 0.766. The Kier molecular flexibility index (Phi) is 4.71. The third-order valence-electron chi connectivity index (χ3n) is 3.91. The van der Waals surface area contributed by atoms with Crippen LogP contribution in [-0.2, 0) is 9.59 Å². The summed E-state index contributed by atoms with van der Waals surface area (Å²) in [6, 6.07) is 6.65. The number of nitrogens with zero attached hydrogens (tertiary/aromatic N) is 1. The van der Waals surface area contributed by atoms with Gasteiger partial charge in [0.05, 0.1) is 11.7 Å². The Morgan fingerprint density at radius 3 is 2.84 bits per heavy atom. The van der Waals surface area contributed by atoms with Gasteiger partial charge in [-0.25, -0.2) is 0 Å². The van der Waals surface area contributed by atoms with E-state index in [2.05, 4.69) is 21.1 Å². The van der Waals surface area contributed by atoms with Crippen LogP contribution in [-0.4, -0.2) is 29.6 Å². The summed E-state index contributed by atoms with van der Waals surface area (Å²) in [6.07, 6.45) is 0. The molecule has 25 heavy (non-hydrogen) atoms. The predicted molar refractivity (Wildman–Crippen MR) is 91.4 cm³/mol.